The molecule has 0 heterocycles. The lowest BCUT2D eigenvalue weighted by Crippen LogP contribution is -2.29. The monoisotopic (exact) mass is 289 g/mol. The van der Waals surface area contributed by atoms with Crippen molar-refractivity contribution in [2.75, 3.05) is 7.11 Å². The summed E-state index contributed by atoms with van der Waals surface area (Å²) in [5.74, 6) is 0.619. The molecular formula is C17H20FNO2. The fourth-order valence-electron chi connectivity index (χ4n) is 2.12. The van der Waals surface area contributed by atoms with E-state index in [1.165, 1.54) is 0 Å². The Kier molecular flexibility index (Phi) is 4.81. The van der Waals surface area contributed by atoms with E-state index >= 15 is 0 Å². The summed E-state index contributed by atoms with van der Waals surface area (Å²) in [4.78, 5) is 0. The molecular weight excluding hydrogens is 269 g/mol. The Hall–Kier alpha value is -2.07. The number of nitrogens with two attached hydrogens (primary N) is 1. The molecule has 2 atom stereocenters. The molecule has 0 amide bonds. The van der Waals surface area contributed by atoms with E-state index in [1.807, 2.05) is 31.2 Å². The van der Waals surface area contributed by atoms with Crippen LogP contribution in [0.25, 0.3) is 0 Å². The minimum absolute atomic E-state index is 0.216. The van der Waals surface area contributed by atoms with Gasteiger partial charge in [0.25, 0.3) is 0 Å². The Morgan fingerprint density at radius 1 is 1.10 bits per heavy atom. The lowest BCUT2D eigenvalue weighted by atomic mass is 10.0. The summed E-state index contributed by atoms with van der Waals surface area (Å²) >= 11 is 0. The predicted molar refractivity (Wildman–Crippen MR) is 81.1 cm³/mol. The van der Waals surface area contributed by atoms with E-state index in [-0.39, 0.29) is 17.6 Å². The molecule has 2 rings (SSSR count). The van der Waals surface area contributed by atoms with Crippen molar-refractivity contribution in [1.82, 2.24) is 0 Å². The number of rotatable bonds is 5. The molecule has 3 nitrogen and oxygen atoms in total. The maximum atomic E-state index is 14.1. The Bertz CT molecular complexity index is 596. The zero-order valence-corrected chi connectivity index (χ0v) is 12.5. The number of methoxy groups -OCH3 is 1. The fourth-order valence-corrected chi connectivity index (χ4v) is 2.12. The number of hydrogen-bond acceptors (Lipinski definition) is 3. The largest absolute Gasteiger partial charge is 0.497 e. The van der Waals surface area contributed by atoms with Crippen molar-refractivity contribution in [2.45, 2.75) is 26.0 Å². The number of ether oxygens (including phenoxy) is 2. The highest BCUT2D eigenvalue weighted by Crippen LogP contribution is 2.28. The third kappa shape index (κ3) is 3.52. The van der Waals surface area contributed by atoms with Crippen molar-refractivity contribution in [3.05, 3.63) is 59.4 Å². The lowest BCUT2D eigenvalue weighted by molar-refractivity contribution is 0.172. The molecule has 0 fully saturated rings. The second kappa shape index (κ2) is 6.59. The van der Waals surface area contributed by atoms with Crippen molar-refractivity contribution < 1.29 is 13.9 Å². The van der Waals surface area contributed by atoms with Crippen LogP contribution in [0.4, 0.5) is 4.39 Å². The first-order valence-electron chi connectivity index (χ1n) is 6.84. The third-order valence-electron chi connectivity index (χ3n) is 3.33. The fraction of sp³-hybridized carbons (Fsp3) is 0.294. The van der Waals surface area contributed by atoms with Crippen LogP contribution >= 0.6 is 0 Å². The molecule has 0 radical (unpaired) electrons. The first-order chi connectivity index (χ1) is 10.0. The molecule has 0 aliphatic heterocycles. The highest BCUT2D eigenvalue weighted by Gasteiger charge is 2.20. The van der Waals surface area contributed by atoms with Crippen LogP contribution in [0.15, 0.2) is 42.5 Å². The topological polar surface area (TPSA) is 44.5 Å². The van der Waals surface area contributed by atoms with Gasteiger partial charge in [-0.3, -0.25) is 0 Å². The van der Waals surface area contributed by atoms with E-state index in [9.17, 15) is 4.39 Å². The molecule has 0 aliphatic rings. The third-order valence-corrected chi connectivity index (χ3v) is 3.33. The van der Waals surface area contributed by atoms with Crippen LogP contribution in [0.3, 0.4) is 0 Å². The predicted octanol–water partition coefficient (Wildman–Crippen LogP) is 3.61. The zero-order valence-electron chi connectivity index (χ0n) is 12.5. The van der Waals surface area contributed by atoms with Gasteiger partial charge in [0, 0.05) is 6.04 Å². The van der Waals surface area contributed by atoms with Gasteiger partial charge in [0.15, 0.2) is 11.6 Å². The van der Waals surface area contributed by atoms with Crippen LogP contribution < -0.4 is 15.2 Å². The standard InChI is InChI=1S/C17H20FNO2/c1-11-5-4-6-15(16(11)18)21-17(12(2)19)13-7-9-14(20-3)10-8-13/h4-10,12,17H,19H2,1-3H3. The second-order valence-corrected chi connectivity index (χ2v) is 5.06. The van der Waals surface area contributed by atoms with Crippen LogP contribution in [0.2, 0.25) is 0 Å². The van der Waals surface area contributed by atoms with Gasteiger partial charge in [-0.05, 0) is 43.2 Å². The summed E-state index contributed by atoms with van der Waals surface area (Å²) in [5, 5.41) is 0. The van der Waals surface area contributed by atoms with Crippen molar-refractivity contribution >= 4 is 0 Å². The molecule has 4 heteroatoms. The Balaban J connectivity index is 2.28. The molecule has 0 bridgehead atoms. The van der Waals surface area contributed by atoms with Gasteiger partial charge in [0.05, 0.1) is 7.11 Å². The molecule has 0 aromatic heterocycles. The summed E-state index contributed by atoms with van der Waals surface area (Å²) in [6.45, 7) is 3.54. The molecule has 0 spiro atoms. The highest BCUT2D eigenvalue weighted by molar-refractivity contribution is 5.33. The van der Waals surface area contributed by atoms with Gasteiger partial charge in [-0.15, -0.1) is 0 Å². The van der Waals surface area contributed by atoms with Gasteiger partial charge >= 0.3 is 0 Å². The molecule has 0 saturated carbocycles. The quantitative estimate of drug-likeness (QED) is 0.914. The molecule has 21 heavy (non-hydrogen) atoms. The summed E-state index contributed by atoms with van der Waals surface area (Å²) < 4.78 is 25.0. The van der Waals surface area contributed by atoms with E-state index in [1.54, 1.807) is 32.2 Å². The number of aryl methyl sites for hydroxylation is 1. The minimum atomic E-state index is -0.424. The van der Waals surface area contributed by atoms with Crippen LogP contribution in [0, 0.1) is 12.7 Å². The maximum Gasteiger partial charge on any atom is 0.167 e. The highest BCUT2D eigenvalue weighted by atomic mass is 19.1. The summed E-state index contributed by atoms with van der Waals surface area (Å²) in [6.07, 6.45) is -0.424. The normalized spacial score (nSPS) is 13.6. The van der Waals surface area contributed by atoms with Crippen LogP contribution in [-0.4, -0.2) is 13.2 Å². The number of halogens is 1. The minimum Gasteiger partial charge on any atom is -0.497 e. The number of benzene rings is 2. The summed E-state index contributed by atoms with van der Waals surface area (Å²) in [6, 6.07) is 12.2. The van der Waals surface area contributed by atoms with Crippen molar-refractivity contribution in [3.63, 3.8) is 0 Å². The Labute approximate surface area is 124 Å². The molecule has 112 valence electrons. The summed E-state index contributed by atoms with van der Waals surface area (Å²) in [5.41, 5.74) is 7.42. The van der Waals surface area contributed by atoms with Gasteiger partial charge in [-0.25, -0.2) is 4.39 Å². The van der Waals surface area contributed by atoms with Crippen molar-refractivity contribution in [2.24, 2.45) is 5.73 Å². The molecule has 0 saturated heterocycles. The van der Waals surface area contributed by atoms with E-state index < -0.39 is 6.10 Å². The van der Waals surface area contributed by atoms with Crippen molar-refractivity contribution in [3.8, 4) is 11.5 Å². The maximum absolute atomic E-state index is 14.1. The van der Waals surface area contributed by atoms with E-state index in [2.05, 4.69) is 0 Å². The van der Waals surface area contributed by atoms with Gasteiger partial charge in [-0.1, -0.05) is 24.3 Å². The number of hydrogen-bond donors (Lipinski definition) is 1. The second-order valence-electron chi connectivity index (χ2n) is 5.06. The molecule has 2 aromatic rings. The average Bonchev–Trinajstić information content (AvgIpc) is 2.48. The van der Waals surface area contributed by atoms with Crippen LogP contribution in [-0.2, 0) is 0 Å². The Morgan fingerprint density at radius 3 is 2.33 bits per heavy atom. The first kappa shape index (κ1) is 15.3. The van der Waals surface area contributed by atoms with E-state index in [4.69, 9.17) is 15.2 Å². The lowest BCUT2D eigenvalue weighted by Gasteiger charge is -2.23. The first-order valence-corrected chi connectivity index (χ1v) is 6.84. The van der Waals surface area contributed by atoms with Gasteiger partial charge in [-0.2, -0.15) is 0 Å². The summed E-state index contributed by atoms with van der Waals surface area (Å²) in [7, 11) is 1.61. The molecule has 2 aromatic carbocycles. The van der Waals surface area contributed by atoms with Gasteiger partial charge in [0.1, 0.15) is 11.9 Å². The Morgan fingerprint density at radius 2 is 1.76 bits per heavy atom. The van der Waals surface area contributed by atoms with Gasteiger partial charge < -0.3 is 15.2 Å². The van der Waals surface area contributed by atoms with Crippen LogP contribution in [0.5, 0.6) is 11.5 Å². The zero-order chi connectivity index (χ0) is 15.4. The molecule has 0 aliphatic carbocycles. The van der Waals surface area contributed by atoms with Gasteiger partial charge in [0.2, 0.25) is 0 Å². The molecule has 2 N–H and O–H groups in total. The van der Waals surface area contributed by atoms with Crippen molar-refractivity contribution in [1.29, 1.82) is 0 Å². The van der Waals surface area contributed by atoms with Crippen LogP contribution in [0.1, 0.15) is 24.2 Å². The average molecular weight is 289 g/mol. The smallest absolute Gasteiger partial charge is 0.167 e. The van der Waals surface area contributed by atoms with E-state index in [0.29, 0.717) is 5.56 Å². The molecule has 2 unspecified atom stereocenters. The van der Waals surface area contributed by atoms with E-state index in [0.717, 1.165) is 11.3 Å². The SMILES string of the molecule is COc1ccc(C(Oc2cccc(C)c2F)C(C)N)cc1.